The molecule has 1 aliphatic carbocycles. The van der Waals surface area contributed by atoms with Crippen LogP contribution in [0.3, 0.4) is 0 Å². The van der Waals surface area contributed by atoms with E-state index in [0.717, 1.165) is 42.1 Å². The minimum Gasteiger partial charge on any atom is -0.454 e. The van der Waals surface area contributed by atoms with E-state index in [2.05, 4.69) is 5.32 Å². The van der Waals surface area contributed by atoms with Gasteiger partial charge in [0, 0.05) is 12.6 Å². The molecule has 1 saturated heterocycles. The van der Waals surface area contributed by atoms with Gasteiger partial charge < -0.3 is 15.0 Å². The van der Waals surface area contributed by atoms with Gasteiger partial charge in [0.15, 0.2) is 6.61 Å². The van der Waals surface area contributed by atoms with E-state index in [9.17, 15) is 14.4 Å². The predicted molar refractivity (Wildman–Crippen MR) is 118 cm³/mol. The molecule has 0 aromatic heterocycles. The summed E-state index contributed by atoms with van der Waals surface area (Å²) in [5.41, 5.74) is 0.909. The summed E-state index contributed by atoms with van der Waals surface area (Å²) >= 11 is 0. The maximum Gasteiger partial charge on any atom is 0.325 e. The summed E-state index contributed by atoms with van der Waals surface area (Å²) in [4.78, 5) is 38.9. The molecule has 6 nitrogen and oxygen atoms in total. The van der Waals surface area contributed by atoms with Gasteiger partial charge in [-0.1, -0.05) is 55.3 Å². The van der Waals surface area contributed by atoms with Crippen LogP contribution in [0.25, 0.3) is 10.8 Å². The Balaban J connectivity index is 1.23. The Morgan fingerprint density at radius 2 is 1.74 bits per heavy atom. The van der Waals surface area contributed by atoms with Crippen molar-refractivity contribution in [1.82, 2.24) is 10.2 Å². The molecule has 2 fully saturated rings. The van der Waals surface area contributed by atoms with Crippen LogP contribution in [0.4, 0.5) is 0 Å². The zero-order valence-corrected chi connectivity index (χ0v) is 17.8. The number of nitrogens with one attached hydrogen (secondary N) is 1. The van der Waals surface area contributed by atoms with Crippen molar-refractivity contribution in [3.63, 3.8) is 0 Å². The van der Waals surface area contributed by atoms with Gasteiger partial charge in [-0.15, -0.1) is 0 Å². The number of likely N-dealkylation sites (tertiary alicyclic amines) is 1. The van der Waals surface area contributed by atoms with Gasteiger partial charge >= 0.3 is 5.97 Å². The van der Waals surface area contributed by atoms with Crippen molar-refractivity contribution in [2.24, 2.45) is 5.92 Å². The standard InChI is InChI=1S/C25H30N2O4/c28-23(15-20-10-5-9-18-7-1-3-12-21(18)20)26-16-25(30)31-17-24(29)27-14-6-11-19-8-2-4-13-22(19)27/h1,3,5,7,9-10,12,19,22H,2,4,6,8,11,13-17H2,(H,26,28)/t19-,22+/m0/s1. The maximum absolute atomic E-state index is 12.6. The summed E-state index contributed by atoms with van der Waals surface area (Å²) in [6.45, 7) is 0.267. The number of amides is 2. The number of hydrogen-bond acceptors (Lipinski definition) is 4. The first-order valence-electron chi connectivity index (χ1n) is 11.3. The van der Waals surface area contributed by atoms with Crippen LogP contribution in [0, 0.1) is 5.92 Å². The summed E-state index contributed by atoms with van der Waals surface area (Å²) in [6, 6.07) is 14.0. The van der Waals surface area contributed by atoms with Crippen LogP contribution in [0.15, 0.2) is 42.5 Å². The van der Waals surface area contributed by atoms with E-state index in [1.54, 1.807) is 0 Å². The molecule has 0 spiro atoms. The molecule has 0 radical (unpaired) electrons. The number of esters is 1. The number of carbonyl (C=O) groups excluding carboxylic acids is 3. The molecular formula is C25H30N2O4. The summed E-state index contributed by atoms with van der Waals surface area (Å²) in [5.74, 6) is -0.361. The zero-order chi connectivity index (χ0) is 21.6. The lowest BCUT2D eigenvalue weighted by atomic mass is 9.78. The molecule has 2 amide bonds. The molecule has 2 aliphatic rings. The van der Waals surface area contributed by atoms with E-state index in [1.807, 2.05) is 47.4 Å². The third-order valence-electron chi connectivity index (χ3n) is 6.58. The van der Waals surface area contributed by atoms with E-state index in [-0.39, 0.29) is 31.4 Å². The number of ether oxygens (including phenoxy) is 1. The minimum absolute atomic E-state index is 0.118. The molecule has 6 heteroatoms. The van der Waals surface area contributed by atoms with Crippen molar-refractivity contribution in [2.45, 2.75) is 51.0 Å². The van der Waals surface area contributed by atoms with Crippen LogP contribution in [0.2, 0.25) is 0 Å². The molecule has 1 saturated carbocycles. The second-order valence-corrected chi connectivity index (χ2v) is 8.59. The number of piperidine rings is 1. The molecule has 1 N–H and O–H groups in total. The number of hydrogen-bond donors (Lipinski definition) is 1. The quantitative estimate of drug-likeness (QED) is 0.726. The van der Waals surface area contributed by atoms with Crippen molar-refractivity contribution < 1.29 is 19.1 Å². The van der Waals surface area contributed by atoms with Crippen molar-refractivity contribution in [3.8, 4) is 0 Å². The highest BCUT2D eigenvalue weighted by atomic mass is 16.5. The van der Waals surface area contributed by atoms with Crippen LogP contribution in [-0.2, 0) is 25.5 Å². The summed E-state index contributed by atoms with van der Waals surface area (Å²) < 4.78 is 5.16. The Morgan fingerprint density at radius 1 is 0.968 bits per heavy atom. The van der Waals surface area contributed by atoms with Crippen molar-refractivity contribution in [3.05, 3.63) is 48.0 Å². The van der Waals surface area contributed by atoms with Gasteiger partial charge in [-0.3, -0.25) is 14.4 Å². The summed E-state index contributed by atoms with van der Waals surface area (Å²) in [5, 5.41) is 4.70. The average molecular weight is 423 g/mol. The molecule has 31 heavy (non-hydrogen) atoms. The van der Waals surface area contributed by atoms with Crippen molar-refractivity contribution in [1.29, 1.82) is 0 Å². The number of benzene rings is 2. The molecule has 164 valence electrons. The largest absolute Gasteiger partial charge is 0.454 e. The van der Waals surface area contributed by atoms with E-state index < -0.39 is 5.97 Å². The van der Waals surface area contributed by atoms with E-state index in [1.165, 1.54) is 19.3 Å². The monoisotopic (exact) mass is 422 g/mol. The fraction of sp³-hybridized carbons (Fsp3) is 0.480. The minimum atomic E-state index is -0.586. The third-order valence-corrected chi connectivity index (χ3v) is 6.58. The van der Waals surface area contributed by atoms with Gasteiger partial charge in [-0.25, -0.2) is 0 Å². The molecule has 1 heterocycles. The van der Waals surface area contributed by atoms with Gasteiger partial charge in [0.05, 0.1) is 6.42 Å². The fourth-order valence-electron chi connectivity index (χ4n) is 5.06. The van der Waals surface area contributed by atoms with E-state index in [4.69, 9.17) is 4.74 Å². The van der Waals surface area contributed by atoms with Crippen molar-refractivity contribution >= 4 is 28.6 Å². The van der Waals surface area contributed by atoms with Crippen LogP contribution in [-0.4, -0.2) is 48.4 Å². The molecule has 1 aliphatic heterocycles. The molecule has 0 bridgehead atoms. The van der Waals surface area contributed by atoms with Gasteiger partial charge in [0.2, 0.25) is 5.91 Å². The van der Waals surface area contributed by atoms with Gasteiger partial charge in [-0.05, 0) is 47.9 Å². The first-order chi connectivity index (χ1) is 15.1. The highest BCUT2D eigenvalue weighted by Gasteiger charge is 2.35. The third kappa shape index (κ3) is 5.24. The lowest BCUT2D eigenvalue weighted by Crippen LogP contribution is -2.51. The summed E-state index contributed by atoms with van der Waals surface area (Å²) in [7, 11) is 0. The number of fused-ring (bicyclic) bond motifs is 2. The lowest BCUT2D eigenvalue weighted by molar-refractivity contribution is -0.154. The Kier molecular flexibility index (Phi) is 6.85. The molecular weight excluding hydrogens is 392 g/mol. The number of nitrogens with zero attached hydrogens (tertiary/aromatic N) is 1. The first-order valence-corrected chi connectivity index (χ1v) is 11.3. The van der Waals surface area contributed by atoms with Gasteiger partial charge in [0.25, 0.3) is 5.91 Å². The highest BCUT2D eigenvalue weighted by Crippen LogP contribution is 2.35. The molecule has 2 aromatic rings. The fourth-order valence-corrected chi connectivity index (χ4v) is 5.06. The Hall–Kier alpha value is -2.89. The van der Waals surface area contributed by atoms with E-state index in [0.29, 0.717) is 12.0 Å². The normalized spacial score (nSPS) is 20.7. The Morgan fingerprint density at radius 3 is 2.65 bits per heavy atom. The number of carbonyl (C=O) groups is 3. The lowest BCUT2D eigenvalue weighted by Gasteiger charge is -2.44. The second-order valence-electron chi connectivity index (χ2n) is 8.59. The van der Waals surface area contributed by atoms with Crippen LogP contribution in [0.5, 0.6) is 0 Å². The molecule has 2 atom stereocenters. The number of rotatable bonds is 6. The van der Waals surface area contributed by atoms with Crippen LogP contribution in [0.1, 0.15) is 44.1 Å². The Bertz CT molecular complexity index is 950. The maximum atomic E-state index is 12.6. The SMILES string of the molecule is O=C(Cc1cccc2ccccc12)NCC(=O)OCC(=O)N1CCC[C@@H]2CCCC[C@H]21. The summed E-state index contributed by atoms with van der Waals surface area (Å²) in [6.07, 6.45) is 7.04. The highest BCUT2D eigenvalue weighted by molar-refractivity contribution is 5.91. The first kappa shape index (κ1) is 21.3. The molecule has 2 aromatic carbocycles. The predicted octanol–water partition coefficient (Wildman–Crippen LogP) is 3.22. The molecule has 4 rings (SSSR count). The van der Waals surface area contributed by atoms with Crippen LogP contribution < -0.4 is 5.32 Å². The van der Waals surface area contributed by atoms with E-state index >= 15 is 0 Å². The second kappa shape index (κ2) is 9.94. The topological polar surface area (TPSA) is 75.7 Å². The zero-order valence-electron chi connectivity index (χ0n) is 17.8. The smallest absolute Gasteiger partial charge is 0.325 e. The van der Waals surface area contributed by atoms with Crippen LogP contribution >= 0.6 is 0 Å². The van der Waals surface area contributed by atoms with Gasteiger partial charge in [0.1, 0.15) is 6.54 Å². The molecule has 0 unspecified atom stereocenters. The average Bonchev–Trinajstić information content (AvgIpc) is 2.81. The Labute approximate surface area is 182 Å². The van der Waals surface area contributed by atoms with Crippen molar-refractivity contribution in [2.75, 3.05) is 19.7 Å². The van der Waals surface area contributed by atoms with Gasteiger partial charge in [-0.2, -0.15) is 0 Å².